The molecular weight excluding hydrogens is 414 g/mol. The average molecular weight is 430 g/mol. The predicted octanol–water partition coefficient (Wildman–Crippen LogP) is 5.06. The number of anilines is 1. The van der Waals surface area contributed by atoms with Crippen molar-refractivity contribution < 1.29 is 4.79 Å². The number of benzene rings is 1. The summed E-state index contributed by atoms with van der Waals surface area (Å²) in [6.07, 6.45) is 3.65. The SMILES string of the molecule is O=C(Cc1csc(-c2ccccn2)n1)Nc1ccc(-c2nc3ccccc3s2)cn1. The Hall–Kier alpha value is -3.49. The summed E-state index contributed by atoms with van der Waals surface area (Å²) in [6, 6.07) is 17.4. The second-order valence-electron chi connectivity index (χ2n) is 6.50. The molecule has 4 aromatic heterocycles. The Kier molecular flexibility index (Phi) is 5.00. The number of carbonyl (C=O) groups excluding carboxylic acids is 1. The van der Waals surface area contributed by atoms with Crippen molar-refractivity contribution in [3.63, 3.8) is 0 Å². The largest absolute Gasteiger partial charge is 0.310 e. The lowest BCUT2D eigenvalue weighted by atomic mass is 10.3. The molecule has 30 heavy (non-hydrogen) atoms. The van der Waals surface area contributed by atoms with Crippen LogP contribution in [0.4, 0.5) is 5.82 Å². The van der Waals surface area contributed by atoms with Crippen molar-refractivity contribution in [2.75, 3.05) is 5.32 Å². The monoisotopic (exact) mass is 429 g/mol. The van der Waals surface area contributed by atoms with E-state index >= 15 is 0 Å². The molecule has 6 nitrogen and oxygen atoms in total. The van der Waals surface area contributed by atoms with Crippen molar-refractivity contribution in [1.29, 1.82) is 0 Å². The molecule has 5 aromatic rings. The summed E-state index contributed by atoms with van der Waals surface area (Å²) < 4.78 is 1.14. The van der Waals surface area contributed by atoms with Gasteiger partial charge in [-0.1, -0.05) is 18.2 Å². The van der Waals surface area contributed by atoms with E-state index in [1.165, 1.54) is 11.3 Å². The van der Waals surface area contributed by atoms with Gasteiger partial charge < -0.3 is 5.32 Å². The maximum atomic E-state index is 12.4. The lowest BCUT2D eigenvalue weighted by molar-refractivity contribution is -0.115. The molecule has 8 heteroatoms. The smallest absolute Gasteiger partial charge is 0.231 e. The highest BCUT2D eigenvalue weighted by Crippen LogP contribution is 2.30. The molecular formula is C22H15N5OS2. The molecule has 0 bridgehead atoms. The average Bonchev–Trinajstić information content (AvgIpc) is 3.42. The second-order valence-corrected chi connectivity index (χ2v) is 8.39. The molecule has 0 atom stereocenters. The Morgan fingerprint density at radius 1 is 0.933 bits per heavy atom. The Morgan fingerprint density at radius 2 is 1.83 bits per heavy atom. The van der Waals surface area contributed by atoms with Crippen LogP contribution < -0.4 is 5.32 Å². The molecule has 1 N–H and O–H groups in total. The van der Waals surface area contributed by atoms with Gasteiger partial charge in [-0.25, -0.2) is 15.0 Å². The highest BCUT2D eigenvalue weighted by atomic mass is 32.1. The first kappa shape index (κ1) is 18.5. The molecule has 0 spiro atoms. The number of carbonyl (C=O) groups is 1. The number of hydrogen-bond donors (Lipinski definition) is 1. The zero-order valence-corrected chi connectivity index (χ0v) is 17.3. The number of hydrogen-bond acceptors (Lipinski definition) is 7. The van der Waals surface area contributed by atoms with Crippen LogP contribution in [-0.2, 0) is 11.2 Å². The van der Waals surface area contributed by atoms with Gasteiger partial charge in [-0.15, -0.1) is 22.7 Å². The summed E-state index contributed by atoms with van der Waals surface area (Å²) in [5.74, 6) is 0.346. The standard InChI is InChI=1S/C22H15N5OS2/c28-20(11-15-13-29-22(25-15)17-6-3-4-10-23-17)27-19-9-8-14(12-24-19)21-26-16-5-1-2-7-18(16)30-21/h1-10,12-13H,11H2,(H,24,27,28). The third-order valence-corrected chi connectivity index (χ3v) is 6.35. The van der Waals surface area contributed by atoms with Gasteiger partial charge in [-0.3, -0.25) is 9.78 Å². The van der Waals surface area contributed by atoms with Gasteiger partial charge in [-0.2, -0.15) is 0 Å². The Balaban J connectivity index is 1.25. The molecule has 0 aliphatic carbocycles. The molecule has 5 rings (SSSR count). The molecule has 1 amide bonds. The maximum Gasteiger partial charge on any atom is 0.231 e. The first-order valence-electron chi connectivity index (χ1n) is 9.22. The summed E-state index contributed by atoms with van der Waals surface area (Å²) >= 11 is 3.10. The predicted molar refractivity (Wildman–Crippen MR) is 121 cm³/mol. The van der Waals surface area contributed by atoms with E-state index in [9.17, 15) is 4.79 Å². The number of para-hydroxylation sites is 1. The van der Waals surface area contributed by atoms with E-state index in [1.807, 2.05) is 47.8 Å². The van der Waals surface area contributed by atoms with E-state index in [0.717, 1.165) is 31.5 Å². The number of aromatic nitrogens is 4. The van der Waals surface area contributed by atoms with Gasteiger partial charge in [0.15, 0.2) is 0 Å². The van der Waals surface area contributed by atoms with Crippen molar-refractivity contribution in [3.05, 3.63) is 78.1 Å². The van der Waals surface area contributed by atoms with Crippen molar-refractivity contribution in [1.82, 2.24) is 19.9 Å². The topological polar surface area (TPSA) is 80.7 Å². The first-order valence-corrected chi connectivity index (χ1v) is 10.9. The molecule has 0 radical (unpaired) electrons. The minimum atomic E-state index is -0.159. The fourth-order valence-electron chi connectivity index (χ4n) is 2.94. The van der Waals surface area contributed by atoms with E-state index in [4.69, 9.17) is 0 Å². The van der Waals surface area contributed by atoms with Crippen LogP contribution in [0.3, 0.4) is 0 Å². The summed E-state index contributed by atoms with van der Waals surface area (Å²) in [7, 11) is 0. The fraction of sp³-hybridized carbons (Fsp3) is 0.0455. The van der Waals surface area contributed by atoms with Crippen LogP contribution in [0.15, 0.2) is 72.4 Å². The summed E-state index contributed by atoms with van der Waals surface area (Å²) in [5.41, 5.74) is 3.42. The summed E-state index contributed by atoms with van der Waals surface area (Å²) in [4.78, 5) is 30.2. The van der Waals surface area contributed by atoms with E-state index in [2.05, 4.69) is 31.3 Å². The van der Waals surface area contributed by atoms with Crippen LogP contribution >= 0.6 is 22.7 Å². The van der Waals surface area contributed by atoms with Crippen LogP contribution in [0.1, 0.15) is 5.69 Å². The van der Waals surface area contributed by atoms with Gasteiger partial charge >= 0.3 is 0 Å². The first-order chi connectivity index (χ1) is 14.7. The molecule has 0 aliphatic heterocycles. The zero-order chi connectivity index (χ0) is 20.3. The molecule has 1 aromatic carbocycles. The van der Waals surface area contributed by atoms with Crippen molar-refractivity contribution >= 4 is 44.6 Å². The van der Waals surface area contributed by atoms with Gasteiger partial charge in [0.2, 0.25) is 5.91 Å². The van der Waals surface area contributed by atoms with E-state index in [0.29, 0.717) is 11.5 Å². The van der Waals surface area contributed by atoms with Gasteiger partial charge in [-0.05, 0) is 36.4 Å². The van der Waals surface area contributed by atoms with Crippen LogP contribution in [0.5, 0.6) is 0 Å². The Bertz CT molecular complexity index is 1280. The molecule has 4 heterocycles. The normalized spacial score (nSPS) is 10.9. The summed E-state index contributed by atoms with van der Waals surface area (Å²) in [6.45, 7) is 0. The molecule has 0 fully saturated rings. The highest BCUT2D eigenvalue weighted by molar-refractivity contribution is 7.21. The number of nitrogens with one attached hydrogen (secondary N) is 1. The van der Waals surface area contributed by atoms with Crippen LogP contribution in [0, 0.1) is 0 Å². The minimum absolute atomic E-state index is 0.159. The third kappa shape index (κ3) is 3.96. The van der Waals surface area contributed by atoms with Crippen molar-refractivity contribution in [2.45, 2.75) is 6.42 Å². The number of amides is 1. The fourth-order valence-corrected chi connectivity index (χ4v) is 4.69. The molecule has 0 saturated heterocycles. The van der Waals surface area contributed by atoms with Gasteiger partial charge in [0.1, 0.15) is 15.8 Å². The number of pyridine rings is 2. The lowest BCUT2D eigenvalue weighted by Crippen LogP contribution is -2.15. The second kappa shape index (κ2) is 8.10. The lowest BCUT2D eigenvalue weighted by Gasteiger charge is -2.04. The Labute approximate surface area is 180 Å². The Morgan fingerprint density at radius 3 is 2.63 bits per heavy atom. The molecule has 0 saturated carbocycles. The van der Waals surface area contributed by atoms with E-state index in [1.54, 1.807) is 29.8 Å². The number of rotatable bonds is 5. The number of fused-ring (bicyclic) bond motifs is 1. The van der Waals surface area contributed by atoms with E-state index in [-0.39, 0.29) is 12.3 Å². The van der Waals surface area contributed by atoms with Crippen LogP contribution in [-0.4, -0.2) is 25.8 Å². The van der Waals surface area contributed by atoms with Crippen LogP contribution in [0.2, 0.25) is 0 Å². The van der Waals surface area contributed by atoms with Gasteiger partial charge in [0.25, 0.3) is 0 Å². The quantitative estimate of drug-likeness (QED) is 0.422. The van der Waals surface area contributed by atoms with Crippen molar-refractivity contribution in [2.24, 2.45) is 0 Å². The molecule has 0 unspecified atom stereocenters. The number of thiazole rings is 2. The van der Waals surface area contributed by atoms with Crippen molar-refractivity contribution in [3.8, 4) is 21.3 Å². The summed E-state index contributed by atoms with van der Waals surface area (Å²) in [5, 5.41) is 6.42. The van der Waals surface area contributed by atoms with E-state index < -0.39 is 0 Å². The highest BCUT2D eigenvalue weighted by Gasteiger charge is 2.11. The zero-order valence-electron chi connectivity index (χ0n) is 15.6. The van der Waals surface area contributed by atoms with Crippen LogP contribution in [0.25, 0.3) is 31.5 Å². The number of nitrogens with zero attached hydrogens (tertiary/aromatic N) is 4. The minimum Gasteiger partial charge on any atom is -0.310 e. The molecule has 146 valence electrons. The third-order valence-electron chi connectivity index (χ3n) is 4.35. The molecule has 0 aliphatic rings. The van der Waals surface area contributed by atoms with Gasteiger partial charge in [0.05, 0.1) is 28.0 Å². The maximum absolute atomic E-state index is 12.4. The van der Waals surface area contributed by atoms with Gasteiger partial charge in [0, 0.05) is 23.3 Å².